The highest BCUT2D eigenvalue weighted by Crippen LogP contribution is 2.40. The fourth-order valence-electron chi connectivity index (χ4n) is 2.85. The standard InChI is InChI=1S/C18H20N2O4S2/c1-10-6-7-15(23-5)14(8-10)20-26(21,22)18-13(4)25-12(3)17(18)16-9-11(2)19-24-16/h6-9,20H,1-5H3. The van der Waals surface area contributed by atoms with Gasteiger partial charge in [-0.1, -0.05) is 11.2 Å². The van der Waals surface area contributed by atoms with Gasteiger partial charge in [-0.25, -0.2) is 8.42 Å². The monoisotopic (exact) mass is 392 g/mol. The largest absolute Gasteiger partial charge is 0.495 e. The predicted molar refractivity (Wildman–Crippen MR) is 103 cm³/mol. The van der Waals surface area contributed by atoms with Gasteiger partial charge in [0.25, 0.3) is 10.0 Å². The van der Waals surface area contributed by atoms with Gasteiger partial charge in [-0.05, 0) is 45.4 Å². The number of hydrogen-bond donors (Lipinski definition) is 1. The fourth-order valence-corrected chi connectivity index (χ4v) is 5.78. The maximum atomic E-state index is 13.2. The van der Waals surface area contributed by atoms with Crippen LogP contribution in [0.25, 0.3) is 11.3 Å². The van der Waals surface area contributed by atoms with E-state index in [4.69, 9.17) is 9.26 Å². The Bertz CT molecular complexity index is 1070. The van der Waals surface area contributed by atoms with E-state index in [1.54, 1.807) is 32.0 Å². The zero-order valence-corrected chi connectivity index (χ0v) is 16.8. The molecule has 3 aromatic rings. The summed E-state index contributed by atoms with van der Waals surface area (Å²) in [4.78, 5) is 1.75. The van der Waals surface area contributed by atoms with Crippen molar-refractivity contribution in [3.8, 4) is 17.1 Å². The van der Waals surface area contributed by atoms with Gasteiger partial charge in [-0.15, -0.1) is 11.3 Å². The second kappa shape index (κ2) is 6.77. The fraction of sp³-hybridized carbons (Fsp3) is 0.278. The molecule has 2 aromatic heterocycles. The molecule has 6 nitrogen and oxygen atoms in total. The number of thiophene rings is 1. The average molecular weight is 393 g/mol. The van der Waals surface area contributed by atoms with E-state index < -0.39 is 10.0 Å². The Balaban J connectivity index is 2.13. The Morgan fingerprint density at radius 1 is 1.12 bits per heavy atom. The molecule has 26 heavy (non-hydrogen) atoms. The van der Waals surface area contributed by atoms with Crippen molar-refractivity contribution in [1.82, 2.24) is 5.16 Å². The van der Waals surface area contributed by atoms with Gasteiger partial charge in [-0.2, -0.15) is 0 Å². The van der Waals surface area contributed by atoms with Gasteiger partial charge in [0.05, 0.1) is 24.1 Å². The van der Waals surface area contributed by atoms with Crippen LogP contribution in [0.15, 0.2) is 33.7 Å². The Labute approximate surface area is 156 Å². The first kappa shape index (κ1) is 18.5. The Hall–Kier alpha value is -2.32. The van der Waals surface area contributed by atoms with E-state index >= 15 is 0 Å². The minimum atomic E-state index is -3.85. The summed E-state index contributed by atoms with van der Waals surface area (Å²) in [6.07, 6.45) is 0. The molecule has 0 aliphatic heterocycles. The number of aryl methyl sites for hydroxylation is 4. The van der Waals surface area contributed by atoms with Crippen LogP contribution in [0.4, 0.5) is 5.69 Å². The third-order valence-corrected chi connectivity index (χ3v) is 6.63. The van der Waals surface area contributed by atoms with Crippen LogP contribution in [0.5, 0.6) is 5.75 Å². The Kier molecular flexibility index (Phi) is 4.81. The van der Waals surface area contributed by atoms with Crippen molar-refractivity contribution < 1.29 is 17.7 Å². The molecule has 0 aliphatic carbocycles. The molecule has 0 bridgehead atoms. The topological polar surface area (TPSA) is 81.4 Å². The second-order valence-electron chi connectivity index (χ2n) is 6.06. The summed E-state index contributed by atoms with van der Waals surface area (Å²) in [6.45, 7) is 7.34. The van der Waals surface area contributed by atoms with Crippen molar-refractivity contribution in [2.24, 2.45) is 0 Å². The number of hydrogen-bond acceptors (Lipinski definition) is 6. The minimum absolute atomic E-state index is 0.208. The highest BCUT2D eigenvalue weighted by Gasteiger charge is 2.29. The lowest BCUT2D eigenvalue weighted by molar-refractivity contribution is 0.417. The number of rotatable bonds is 5. The van der Waals surface area contributed by atoms with E-state index in [0.717, 1.165) is 10.4 Å². The highest BCUT2D eigenvalue weighted by atomic mass is 32.2. The van der Waals surface area contributed by atoms with Gasteiger partial charge in [0, 0.05) is 15.8 Å². The molecule has 1 N–H and O–H groups in total. The van der Waals surface area contributed by atoms with Gasteiger partial charge < -0.3 is 9.26 Å². The molecule has 138 valence electrons. The normalized spacial score (nSPS) is 11.6. The van der Waals surface area contributed by atoms with Crippen LogP contribution in [0.1, 0.15) is 21.0 Å². The smallest absolute Gasteiger partial charge is 0.263 e. The zero-order chi connectivity index (χ0) is 19.1. The van der Waals surface area contributed by atoms with Crippen LogP contribution in [0, 0.1) is 27.7 Å². The van der Waals surface area contributed by atoms with Crippen LogP contribution in [0.2, 0.25) is 0 Å². The Morgan fingerprint density at radius 2 is 1.85 bits per heavy atom. The molecule has 1 aromatic carbocycles. The van der Waals surface area contributed by atoms with Crippen LogP contribution in [-0.2, 0) is 10.0 Å². The van der Waals surface area contributed by atoms with Crippen molar-refractivity contribution in [2.75, 3.05) is 11.8 Å². The van der Waals surface area contributed by atoms with Crippen LogP contribution in [-0.4, -0.2) is 20.7 Å². The molecule has 0 atom stereocenters. The molecule has 0 saturated heterocycles. The van der Waals surface area contributed by atoms with E-state index in [-0.39, 0.29) is 4.90 Å². The summed E-state index contributed by atoms with van der Waals surface area (Å²) in [5.74, 6) is 0.904. The molecule has 3 rings (SSSR count). The van der Waals surface area contributed by atoms with E-state index in [1.807, 2.05) is 19.9 Å². The summed E-state index contributed by atoms with van der Waals surface area (Å²) in [5.41, 5.74) is 2.57. The first-order valence-corrected chi connectivity index (χ1v) is 10.2. The maximum absolute atomic E-state index is 13.2. The number of anilines is 1. The molecule has 0 aliphatic rings. The van der Waals surface area contributed by atoms with E-state index in [0.29, 0.717) is 33.3 Å². The summed E-state index contributed by atoms with van der Waals surface area (Å²) >= 11 is 1.41. The van der Waals surface area contributed by atoms with Gasteiger partial charge in [0.1, 0.15) is 10.6 Å². The van der Waals surface area contributed by atoms with Crippen molar-refractivity contribution >= 4 is 27.0 Å². The number of nitrogens with zero attached hydrogens (tertiary/aromatic N) is 1. The molecule has 2 heterocycles. The predicted octanol–water partition coefficient (Wildman–Crippen LogP) is 4.45. The molecule has 0 saturated carbocycles. The van der Waals surface area contributed by atoms with Crippen LogP contribution >= 0.6 is 11.3 Å². The van der Waals surface area contributed by atoms with E-state index in [2.05, 4.69) is 9.88 Å². The van der Waals surface area contributed by atoms with Crippen molar-refractivity contribution in [2.45, 2.75) is 32.6 Å². The van der Waals surface area contributed by atoms with E-state index in [9.17, 15) is 8.42 Å². The van der Waals surface area contributed by atoms with Crippen molar-refractivity contribution in [3.63, 3.8) is 0 Å². The van der Waals surface area contributed by atoms with Gasteiger partial charge in [-0.3, -0.25) is 4.72 Å². The van der Waals surface area contributed by atoms with Gasteiger partial charge >= 0.3 is 0 Å². The molecular weight excluding hydrogens is 372 g/mol. The summed E-state index contributed by atoms with van der Waals surface area (Å²) in [7, 11) is -2.34. The molecule has 0 radical (unpaired) electrons. The highest BCUT2D eigenvalue weighted by molar-refractivity contribution is 7.93. The number of sulfonamides is 1. The average Bonchev–Trinajstić information content (AvgIpc) is 3.10. The van der Waals surface area contributed by atoms with Gasteiger partial charge in [0.2, 0.25) is 0 Å². The molecular formula is C18H20N2O4S2. The van der Waals surface area contributed by atoms with Crippen LogP contribution < -0.4 is 9.46 Å². The SMILES string of the molecule is COc1ccc(C)cc1NS(=O)(=O)c1c(C)sc(C)c1-c1cc(C)no1. The Morgan fingerprint density at radius 3 is 2.46 bits per heavy atom. The number of nitrogens with one attached hydrogen (secondary N) is 1. The maximum Gasteiger partial charge on any atom is 0.263 e. The van der Waals surface area contributed by atoms with Crippen LogP contribution in [0.3, 0.4) is 0 Å². The number of methoxy groups -OCH3 is 1. The third-order valence-electron chi connectivity index (χ3n) is 3.95. The van der Waals surface area contributed by atoms with E-state index in [1.165, 1.54) is 18.4 Å². The molecule has 8 heteroatoms. The molecule has 0 amide bonds. The lowest BCUT2D eigenvalue weighted by Gasteiger charge is -2.13. The summed E-state index contributed by atoms with van der Waals surface area (Å²) in [6, 6.07) is 7.07. The molecule has 0 spiro atoms. The molecule has 0 unspecified atom stereocenters. The summed E-state index contributed by atoms with van der Waals surface area (Å²) in [5, 5.41) is 3.88. The van der Waals surface area contributed by atoms with Gasteiger partial charge in [0.15, 0.2) is 5.76 Å². The quantitative estimate of drug-likeness (QED) is 0.694. The number of aromatic nitrogens is 1. The lowest BCUT2D eigenvalue weighted by atomic mass is 10.2. The first-order chi connectivity index (χ1) is 12.2. The second-order valence-corrected chi connectivity index (χ2v) is 9.11. The van der Waals surface area contributed by atoms with Crippen molar-refractivity contribution in [1.29, 1.82) is 0 Å². The summed E-state index contributed by atoms with van der Waals surface area (Å²) < 4.78 is 39.7. The third kappa shape index (κ3) is 3.34. The first-order valence-electron chi connectivity index (χ1n) is 7.94. The number of benzene rings is 1. The molecule has 0 fully saturated rings. The van der Waals surface area contributed by atoms with Crippen molar-refractivity contribution in [3.05, 3.63) is 45.3 Å². The minimum Gasteiger partial charge on any atom is -0.495 e. The zero-order valence-electron chi connectivity index (χ0n) is 15.2. The number of ether oxygens (including phenoxy) is 1. The lowest BCUT2D eigenvalue weighted by Crippen LogP contribution is -2.15.